The zero-order valence-electron chi connectivity index (χ0n) is 16.2. The number of hydrogen-bond donors (Lipinski definition) is 0. The fourth-order valence-corrected chi connectivity index (χ4v) is 4.66. The number of Topliss-reactive ketones (excluding diaryl/α,β-unsaturated/α-hetero) is 1. The number of anilines is 1. The maximum Gasteiger partial charge on any atom is 0.240 e. The molecule has 1 unspecified atom stereocenters. The molecule has 0 spiro atoms. The number of carbonyl (C=O) groups excluding carboxylic acids is 3. The molecule has 0 aliphatic carbocycles. The van der Waals surface area contributed by atoms with E-state index in [2.05, 4.69) is 5.10 Å². The summed E-state index contributed by atoms with van der Waals surface area (Å²) in [5.41, 5.74) is 0.882. The summed E-state index contributed by atoms with van der Waals surface area (Å²) in [7, 11) is 1.49. The summed E-state index contributed by atoms with van der Waals surface area (Å²) in [4.78, 5) is 41.6. The molecule has 0 aromatic heterocycles. The third-order valence-electron chi connectivity index (χ3n) is 5.94. The molecule has 2 aromatic carbocycles. The number of para-hydroxylation sites is 2. The predicted molar refractivity (Wildman–Crippen MR) is 110 cm³/mol. The van der Waals surface area contributed by atoms with Gasteiger partial charge in [-0.3, -0.25) is 19.4 Å². The van der Waals surface area contributed by atoms with E-state index < -0.39 is 29.8 Å². The number of carbonyl (C=O) groups is 3. The third kappa shape index (κ3) is 2.51. The van der Waals surface area contributed by atoms with Gasteiger partial charge in [-0.2, -0.15) is 5.10 Å². The summed E-state index contributed by atoms with van der Waals surface area (Å²) >= 11 is 0. The summed E-state index contributed by atoms with van der Waals surface area (Å²) in [5, 5.41) is 5.97. The van der Waals surface area contributed by atoms with Crippen molar-refractivity contribution in [3.8, 4) is 5.75 Å². The van der Waals surface area contributed by atoms with Crippen LogP contribution in [0.2, 0.25) is 0 Å². The van der Waals surface area contributed by atoms with Crippen LogP contribution in [-0.2, 0) is 9.59 Å². The van der Waals surface area contributed by atoms with E-state index in [9.17, 15) is 14.4 Å². The Labute approximate surface area is 173 Å². The highest BCUT2D eigenvalue weighted by Crippen LogP contribution is 2.47. The molecule has 4 atom stereocenters. The van der Waals surface area contributed by atoms with Gasteiger partial charge in [-0.05, 0) is 18.2 Å². The first-order valence-corrected chi connectivity index (χ1v) is 9.72. The van der Waals surface area contributed by atoms with Gasteiger partial charge in [-0.25, -0.2) is 4.90 Å². The van der Waals surface area contributed by atoms with Crippen molar-refractivity contribution in [2.45, 2.75) is 12.1 Å². The molecular formula is C23H19N3O4. The average Bonchev–Trinajstić information content (AvgIpc) is 3.26. The van der Waals surface area contributed by atoms with Crippen LogP contribution in [0.4, 0.5) is 5.69 Å². The standard InChI is InChI=1S/C23H19N3O4/c1-30-17-12-6-5-10-15(17)25-22(28)18-16-11-7-13-24-26(16)20(19(18)23(25)29)21(27)14-8-3-2-4-9-14/h2-13,16,18-20H,1H3/t16?,18-,19-,20+/m0/s1. The van der Waals surface area contributed by atoms with Gasteiger partial charge in [0.1, 0.15) is 11.8 Å². The van der Waals surface area contributed by atoms with Crippen LogP contribution in [0.3, 0.4) is 0 Å². The minimum absolute atomic E-state index is 0.219. The Morgan fingerprint density at radius 1 is 0.967 bits per heavy atom. The maximum absolute atomic E-state index is 13.6. The number of imide groups is 1. The minimum atomic E-state index is -0.847. The molecule has 2 aromatic rings. The van der Waals surface area contributed by atoms with Gasteiger partial charge in [-0.1, -0.05) is 48.5 Å². The molecule has 0 saturated carbocycles. The zero-order chi connectivity index (χ0) is 20.8. The van der Waals surface area contributed by atoms with Crippen molar-refractivity contribution >= 4 is 29.5 Å². The summed E-state index contributed by atoms with van der Waals surface area (Å²) in [5.74, 6) is -2.03. The normalized spacial score (nSPS) is 26.7. The van der Waals surface area contributed by atoms with Crippen LogP contribution in [0, 0.1) is 11.8 Å². The van der Waals surface area contributed by atoms with Crippen molar-refractivity contribution < 1.29 is 19.1 Å². The van der Waals surface area contributed by atoms with E-state index >= 15 is 0 Å². The molecule has 5 rings (SSSR count). The molecular weight excluding hydrogens is 382 g/mol. The molecule has 150 valence electrons. The van der Waals surface area contributed by atoms with Crippen LogP contribution < -0.4 is 9.64 Å². The highest BCUT2D eigenvalue weighted by Gasteiger charge is 2.64. The topological polar surface area (TPSA) is 79.3 Å². The van der Waals surface area contributed by atoms with Crippen molar-refractivity contribution in [1.82, 2.24) is 5.01 Å². The van der Waals surface area contributed by atoms with Gasteiger partial charge in [0, 0.05) is 11.8 Å². The number of nitrogens with zero attached hydrogens (tertiary/aromatic N) is 3. The number of ketones is 1. The summed E-state index contributed by atoms with van der Waals surface area (Å²) < 4.78 is 5.37. The molecule has 3 heterocycles. The van der Waals surface area contributed by atoms with E-state index in [4.69, 9.17) is 4.74 Å². The number of methoxy groups -OCH3 is 1. The van der Waals surface area contributed by atoms with Crippen LogP contribution in [0.15, 0.2) is 71.9 Å². The largest absolute Gasteiger partial charge is 0.495 e. The zero-order valence-corrected chi connectivity index (χ0v) is 16.2. The van der Waals surface area contributed by atoms with E-state index in [-0.39, 0.29) is 11.7 Å². The Kier molecular flexibility index (Phi) is 4.24. The number of amides is 2. The van der Waals surface area contributed by atoms with Gasteiger partial charge in [-0.15, -0.1) is 0 Å². The van der Waals surface area contributed by atoms with Crippen LogP contribution in [-0.4, -0.2) is 48.0 Å². The number of allylic oxidation sites excluding steroid dienone is 1. The molecule has 3 aliphatic heterocycles. The molecule has 2 amide bonds. The Morgan fingerprint density at radius 2 is 1.67 bits per heavy atom. The van der Waals surface area contributed by atoms with Gasteiger partial charge >= 0.3 is 0 Å². The molecule has 0 radical (unpaired) electrons. The molecule has 7 heteroatoms. The number of ether oxygens (including phenoxy) is 1. The molecule has 30 heavy (non-hydrogen) atoms. The first-order chi connectivity index (χ1) is 14.6. The van der Waals surface area contributed by atoms with Crippen molar-refractivity contribution in [1.29, 1.82) is 0 Å². The van der Waals surface area contributed by atoms with Crippen LogP contribution >= 0.6 is 0 Å². The van der Waals surface area contributed by atoms with Gasteiger partial charge in [0.15, 0.2) is 5.78 Å². The Morgan fingerprint density at radius 3 is 2.43 bits per heavy atom. The van der Waals surface area contributed by atoms with Crippen molar-refractivity contribution in [3.05, 3.63) is 72.3 Å². The Hall–Kier alpha value is -3.74. The third-order valence-corrected chi connectivity index (χ3v) is 5.94. The Bertz CT molecular complexity index is 1090. The van der Waals surface area contributed by atoms with E-state index in [1.165, 1.54) is 12.0 Å². The first-order valence-electron chi connectivity index (χ1n) is 9.72. The number of fused-ring (bicyclic) bond motifs is 3. The molecule has 2 fully saturated rings. The lowest BCUT2D eigenvalue weighted by Crippen LogP contribution is -2.46. The molecule has 0 bridgehead atoms. The second-order valence-electron chi connectivity index (χ2n) is 7.43. The average molecular weight is 401 g/mol. The molecule has 2 saturated heterocycles. The van der Waals surface area contributed by atoms with E-state index in [0.29, 0.717) is 17.0 Å². The number of hydrazone groups is 1. The van der Waals surface area contributed by atoms with E-state index in [0.717, 1.165) is 0 Å². The SMILES string of the molecule is COc1ccccc1N1C(=O)[C@H]2[C@@H](C1=O)C1C=CC=NN1[C@H]2C(=O)c1ccccc1. The summed E-state index contributed by atoms with van der Waals surface area (Å²) in [6, 6.07) is 14.4. The molecule has 3 aliphatic rings. The second-order valence-corrected chi connectivity index (χ2v) is 7.43. The summed E-state index contributed by atoms with van der Waals surface area (Å²) in [6.07, 6.45) is 5.16. The van der Waals surface area contributed by atoms with Crippen LogP contribution in [0.5, 0.6) is 5.75 Å². The highest BCUT2D eigenvalue weighted by atomic mass is 16.5. The Balaban J connectivity index is 1.60. The molecule has 0 N–H and O–H groups in total. The van der Waals surface area contributed by atoms with Gasteiger partial charge in [0.2, 0.25) is 11.8 Å². The predicted octanol–water partition coefficient (Wildman–Crippen LogP) is 2.29. The highest BCUT2D eigenvalue weighted by molar-refractivity contribution is 6.25. The first kappa shape index (κ1) is 18.3. The minimum Gasteiger partial charge on any atom is -0.495 e. The second kappa shape index (κ2) is 6.95. The fraction of sp³-hybridized carbons (Fsp3) is 0.217. The lowest BCUT2D eigenvalue weighted by atomic mass is 9.86. The van der Waals surface area contributed by atoms with Crippen molar-refractivity contribution in [2.24, 2.45) is 16.9 Å². The number of benzene rings is 2. The quantitative estimate of drug-likeness (QED) is 0.580. The smallest absolute Gasteiger partial charge is 0.240 e. The lowest BCUT2D eigenvalue weighted by Gasteiger charge is -2.30. The van der Waals surface area contributed by atoms with E-state index in [1.807, 2.05) is 12.1 Å². The molecule has 7 nitrogen and oxygen atoms in total. The van der Waals surface area contributed by atoms with E-state index in [1.54, 1.807) is 65.8 Å². The van der Waals surface area contributed by atoms with Gasteiger partial charge in [0.05, 0.1) is 30.7 Å². The van der Waals surface area contributed by atoms with Crippen molar-refractivity contribution in [2.75, 3.05) is 12.0 Å². The van der Waals surface area contributed by atoms with Crippen LogP contribution in [0.25, 0.3) is 0 Å². The van der Waals surface area contributed by atoms with Crippen LogP contribution in [0.1, 0.15) is 10.4 Å². The summed E-state index contributed by atoms with van der Waals surface area (Å²) in [6.45, 7) is 0. The number of hydrogen-bond acceptors (Lipinski definition) is 6. The fourth-order valence-electron chi connectivity index (χ4n) is 4.66. The van der Waals surface area contributed by atoms with Gasteiger partial charge < -0.3 is 4.74 Å². The number of rotatable bonds is 4. The van der Waals surface area contributed by atoms with Gasteiger partial charge in [0.25, 0.3) is 0 Å². The van der Waals surface area contributed by atoms with Crippen molar-refractivity contribution in [3.63, 3.8) is 0 Å². The monoisotopic (exact) mass is 401 g/mol. The maximum atomic E-state index is 13.6. The lowest BCUT2D eigenvalue weighted by molar-refractivity contribution is -0.123.